The van der Waals surface area contributed by atoms with Crippen LogP contribution in [-0.2, 0) is 17.9 Å². The van der Waals surface area contributed by atoms with Crippen molar-refractivity contribution < 1.29 is 28.5 Å². The van der Waals surface area contributed by atoms with Gasteiger partial charge >= 0.3 is 0 Å². The van der Waals surface area contributed by atoms with Gasteiger partial charge in [-0.3, -0.25) is 4.79 Å². The molecular formula is C21H26FN3O3+2. The predicted octanol–water partition coefficient (Wildman–Crippen LogP) is -0.846. The predicted molar refractivity (Wildman–Crippen MR) is 101 cm³/mol. The molecule has 0 spiro atoms. The average Bonchev–Trinajstić information content (AvgIpc) is 3.17. The molecule has 0 unspecified atom stereocenters. The Morgan fingerprint density at radius 2 is 1.61 bits per heavy atom. The standard InChI is InChI=1S/C21H24FN3O3/c22-18-4-1-16(2-5-18)12-23-21(26)14-25-9-7-24(8-10-25)13-17-3-6-19-20(11-17)28-15-27-19/h1-6,11H,7-10,12-15H2,(H,23,26)/p+2. The molecule has 2 heterocycles. The molecule has 2 aromatic rings. The second-order valence-corrected chi connectivity index (χ2v) is 7.44. The van der Waals surface area contributed by atoms with Crippen molar-refractivity contribution in [2.45, 2.75) is 13.1 Å². The maximum Gasteiger partial charge on any atom is 0.275 e. The summed E-state index contributed by atoms with van der Waals surface area (Å²) in [6.07, 6.45) is 0. The van der Waals surface area contributed by atoms with Crippen LogP contribution in [0.5, 0.6) is 11.5 Å². The third-order valence-corrected chi connectivity index (χ3v) is 5.37. The first kappa shape index (κ1) is 18.7. The van der Waals surface area contributed by atoms with Crippen LogP contribution in [0.15, 0.2) is 42.5 Å². The molecular weight excluding hydrogens is 361 g/mol. The van der Waals surface area contributed by atoms with E-state index in [2.05, 4.69) is 17.4 Å². The van der Waals surface area contributed by atoms with E-state index < -0.39 is 0 Å². The van der Waals surface area contributed by atoms with Crippen molar-refractivity contribution in [1.29, 1.82) is 0 Å². The van der Waals surface area contributed by atoms with Gasteiger partial charge in [0.15, 0.2) is 18.0 Å². The Morgan fingerprint density at radius 3 is 2.39 bits per heavy atom. The van der Waals surface area contributed by atoms with Gasteiger partial charge in [-0.15, -0.1) is 0 Å². The molecule has 28 heavy (non-hydrogen) atoms. The van der Waals surface area contributed by atoms with Gasteiger partial charge in [-0.1, -0.05) is 12.1 Å². The maximum atomic E-state index is 12.9. The summed E-state index contributed by atoms with van der Waals surface area (Å²) in [5.41, 5.74) is 2.16. The van der Waals surface area contributed by atoms with Crippen molar-refractivity contribution in [3.63, 3.8) is 0 Å². The molecule has 0 atom stereocenters. The van der Waals surface area contributed by atoms with E-state index in [0.717, 1.165) is 49.8 Å². The number of carbonyl (C=O) groups is 1. The Balaban J connectivity index is 1.18. The molecule has 148 valence electrons. The highest BCUT2D eigenvalue weighted by Gasteiger charge is 2.25. The zero-order valence-electron chi connectivity index (χ0n) is 15.8. The van der Waals surface area contributed by atoms with Crippen molar-refractivity contribution in [1.82, 2.24) is 5.32 Å². The Hall–Kier alpha value is -2.64. The highest BCUT2D eigenvalue weighted by molar-refractivity contribution is 5.76. The fourth-order valence-corrected chi connectivity index (χ4v) is 3.74. The van der Waals surface area contributed by atoms with Gasteiger partial charge in [0.1, 0.15) is 38.5 Å². The fourth-order valence-electron chi connectivity index (χ4n) is 3.74. The van der Waals surface area contributed by atoms with Gasteiger partial charge in [-0.05, 0) is 35.9 Å². The number of ether oxygens (including phenoxy) is 2. The second-order valence-electron chi connectivity index (χ2n) is 7.44. The number of fused-ring (bicyclic) bond motifs is 1. The van der Waals surface area contributed by atoms with Crippen LogP contribution in [0.25, 0.3) is 0 Å². The lowest BCUT2D eigenvalue weighted by Gasteiger charge is -2.29. The van der Waals surface area contributed by atoms with Crippen molar-refractivity contribution in [3.8, 4) is 11.5 Å². The third-order valence-electron chi connectivity index (χ3n) is 5.37. The summed E-state index contributed by atoms with van der Waals surface area (Å²) in [5, 5.41) is 2.93. The molecule has 2 aliphatic rings. The summed E-state index contributed by atoms with van der Waals surface area (Å²) >= 11 is 0. The van der Waals surface area contributed by atoms with Gasteiger partial charge in [-0.25, -0.2) is 4.39 Å². The summed E-state index contributed by atoms with van der Waals surface area (Å²) in [6, 6.07) is 12.4. The molecule has 0 bridgehead atoms. The minimum atomic E-state index is -0.263. The maximum absolute atomic E-state index is 12.9. The number of amides is 1. The molecule has 1 saturated heterocycles. The van der Waals surface area contributed by atoms with Crippen LogP contribution in [0.4, 0.5) is 4.39 Å². The molecule has 0 aliphatic carbocycles. The van der Waals surface area contributed by atoms with Crippen molar-refractivity contribution in [3.05, 3.63) is 59.4 Å². The van der Waals surface area contributed by atoms with Gasteiger partial charge in [0, 0.05) is 12.1 Å². The van der Waals surface area contributed by atoms with Crippen LogP contribution in [0.3, 0.4) is 0 Å². The smallest absolute Gasteiger partial charge is 0.275 e. The van der Waals surface area contributed by atoms with Crippen LogP contribution >= 0.6 is 0 Å². The molecule has 3 N–H and O–H groups in total. The lowest BCUT2D eigenvalue weighted by atomic mass is 10.1. The monoisotopic (exact) mass is 387 g/mol. The summed E-state index contributed by atoms with van der Waals surface area (Å²) in [7, 11) is 0. The SMILES string of the molecule is O=C(C[NH+]1CC[NH+](Cc2ccc3c(c2)OCO3)CC1)NCc1ccc(F)cc1. The number of rotatable bonds is 6. The molecule has 0 aromatic heterocycles. The number of hydrogen-bond donors (Lipinski definition) is 3. The number of nitrogens with one attached hydrogen (secondary N) is 3. The van der Waals surface area contributed by atoms with Crippen LogP contribution < -0.4 is 24.6 Å². The molecule has 0 radical (unpaired) electrons. The Bertz CT molecular complexity index is 820. The average molecular weight is 387 g/mol. The number of quaternary nitrogens is 2. The van der Waals surface area contributed by atoms with Gasteiger partial charge < -0.3 is 24.6 Å². The van der Waals surface area contributed by atoms with E-state index >= 15 is 0 Å². The van der Waals surface area contributed by atoms with E-state index in [-0.39, 0.29) is 11.7 Å². The normalized spacial score (nSPS) is 20.8. The molecule has 1 amide bonds. The van der Waals surface area contributed by atoms with Crippen LogP contribution in [0, 0.1) is 5.82 Å². The van der Waals surface area contributed by atoms with E-state index in [0.29, 0.717) is 19.9 Å². The fraction of sp³-hybridized carbons (Fsp3) is 0.381. The van der Waals surface area contributed by atoms with E-state index in [9.17, 15) is 9.18 Å². The number of benzene rings is 2. The van der Waals surface area contributed by atoms with E-state index in [1.807, 2.05) is 6.07 Å². The van der Waals surface area contributed by atoms with Crippen molar-refractivity contribution >= 4 is 5.91 Å². The first-order valence-corrected chi connectivity index (χ1v) is 9.72. The molecule has 2 aliphatic heterocycles. The molecule has 4 rings (SSSR count). The first-order valence-electron chi connectivity index (χ1n) is 9.72. The second kappa shape index (κ2) is 8.58. The van der Waals surface area contributed by atoms with E-state index in [1.165, 1.54) is 27.5 Å². The third kappa shape index (κ3) is 4.79. The van der Waals surface area contributed by atoms with Crippen LogP contribution in [-0.4, -0.2) is 45.4 Å². The zero-order valence-corrected chi connectivity index (χ0v) is 15.8. The zero-order chi connectivity index (χ0) is 19.3. The number of carbonyl (C=O) groups excluding carboxylic acids is 1. The largest absolute Gasteiger partial charge is 0.454 e. The lowest BCUT2D eigenvalue weighted by Crippen LogP contribution is -3.28. The molecule has 1 fully saturated rings. The number of piperazine rings is 1. The minimum Gasteiger partial charge on any atom is -0.454 e. The summed E-state index contributed by atoms with van der Waals surface area (Å²) < 4.78 is 23.7. The number of halogens is 1. The van der Waals surface area contributed by atoms with Gasteiger partial charge in [0.2, 0.25) is 6.79 Å². The molecule has 0 saturated carbocycles. The number of hydrogen-bond acceptors (Lipinski definition) is 3. The molecule has 2 aromatic carbocycles. The summed E-state index contributed by atoms with van der Waals surface area (Å²) in [5.74, 6) is 1.43. The molecule has 7 heteroatoms. The van der Waals surface area contributed by atoms with Gasteiger partial charge in [-0.2, -0.15) is 0 Å². The summed E-state index contributed by atoms with van der Waals surface area (Å²) in [4.78, 5) is 15.0. The van der Waals surface area contributed by atoms with Gasteiger partial charge in [0.25, 0.3) is 5.91 Å². The van der Waals surface area contributed by atoms with Crippen LogP contribution in [0.2, 0.25) is 0 Å². The first-order chi connectivity index (χ1) is 13.7. The Labute approximate surface area is 163 Å². The lowest BCUT2D eigenvalue weighted by molar-refractivity contribution is -1.02. The van der Waals surface area contributed by atoms with Gasteiger partial charge in [0.05, 0.1) is 0 Å². The highest BCUT2D eigenvalue weighted by atomic mass is 19.1. The summed E-state index contributed by atoms with van der Waals surface area (Å²) in [6.45, 7) is 6.21. The van der Waals surface area contributed by atoms with E-state index in [1.54, 1.807) is 12.1 Å². The van der Waals surface area contributed by atoms with Crippen molar-refractivity contribution in [2.24, 2.45) is 0 Å². The topological polar surface area (TPSA) is 56.4 Å². The minimum absolute atomic E-state index is 0.0403. The molecule has 6 nitrogen and oxygen atoms in total. The highest BCUT2D eigenvalue weighted by Crippen LogP contribution is 2.32. The Kier molecular flexibility index (Phi) is 5.73. The Morgan fingerprint density at radius 1 is 0.929 bits per heavy atom. The quantitative estimate of drug-likeness (QED) is 0.606. The van der Waals surface area contributed by atoms with Crippen LogP contribution in [0.1, 0.15) is 11.1 Å². The van der Waals surface area contributed by atoms with Crippen molar-refractivity contribution in [2.75, 3.05) is 39.5 Å². The van der Waals surface area contributed by atoms with E-state index in [4.69, 9.17) is 9.47 Å².